The minimum atomic E-state index is 0.137. The van der Waals surface area contributed by atoms with E-state index in [9.17, 15) is 0 Å². The van der Waals surface area contributed by atoms with Crippen molar-refractivity contribution in [3.05, 3.63) is 15.9 Å². The van der Waals surface area contributed by atoms with Gasteiger partial charge >= 0.3 is 0 Å². The van der Waals surface area contributed by atoms with Crippen molar-refractivity contribution >= 4 is 21.8 Å². The molecule has 0 saturated heterocycles. The number of aromatic nitrogens is 2. The maximum Gasteiger partial charge on any atom is 0.0926 e. The van der Waals surface area contributed by atoms with Gasteiger partial charge in [0.1, 0.15) is 0 Å². The maximum absolute atomic E-state index is 7.23. The first-order chi connectivity index (χ1) is 6.43. The SMILES string of the molecule is Cc1nn(C(C)CC(=N)N)c(C)c1Br. The Morgan fingerprint density at radius 3 is 2.57 bits per heavy atom. The van der Waals surface area contributed by atoms with Crippen LogP contribution in [-0.2, 0) is 0 Å². The first-order valence-electron chi connectivity index (χ1n) is 4.47. The topological polar surface area (TPSA) is 67.7 Å². The zero-order valence-electron chi connectivity index (χ0n) is 8.63. The highest BCUT2D eigenvalue weighted by Crippen LogP contribution is 2.23. The molecule has 0 aromatic carbocycles. The van der Waals surface area contributed by atoms with Crippen LogP contribution < -0.4 is 5.73 Å². The molecule has 0 fully saturated rings. The summed E-state index contributed by atoms with van der Waals surface area (Å²) < 4.78 is 2.94. The average Bonchev–Trinajstić information content (AvgIpc) is 2.32. The number of hydrogen-bond donors (Lipinski definition) is 2. The Morgan fingerprint density at radius 2 is 2.21 bits per heavy atom. The minimum Gasteiger partial charge on any atom is -0.388 e. The summed E-state index contributed by atoms with van der Waals surface area (Å²) in [5.41, 5.74) is 7.41. The molecule has 0 amide bonds. The third-order valence-electron chi connectivity index (χ3n) is 2.17. The molecule has 4 nitrogen and oxygen atoms in total. The van der Waals surface area contributed by atoms with E-state index in [2.05, 4.69) is 21.0 Å². The summed E-state index contributed by atoms with van der Waals surface area (Å²) in [6.45, 7) is 5.96. The molecule has 0 aliphatic heterocycles. The largest absolute Gasteiger partial charge is 0.388 e. The van der Waals surface area contributed by atoms with Gasteiger partial charge in [-0.15, -0.1) is 0 Å². The van der Waals surface area contributed by atoms with E-state index in [4.69, 9.17) is 11.1 Å². The molecule has 14 heavy (non-hydrogen) atoms. The first-order valence-corrected chi connectivity index (χ1v) is 5.27. The monoisotopic (exact) mass is 258 g/mol. The highest BCUT2D eigenvalue weighted by atomic mass is 79.9. The molecule has 1 unspecified atom stereocenters. The molecule has 5 heteroatoms. The molecule has 0 spiro atoms. The van der Waals surface area contributed by atoms with Gasteiger partial charge in [-0.25, -0.2) is 0 Å². The van der Waals surface area contributed by atoms with E-state index in [0.717, 1.165) is 15.9 Å². The summed E-state index contributed by atoms with van der Waals surface area (Å²) in [6.07, 6.45) is 0.536. The second-order valence-electron chi connectivity index (χ2n) is 3.51. The highest BCUT2D eigenvalue weighted by molar-refractivity contribution is 9.10. The Morgan fingerprint density at radius 1 is 1.64 bits per heavy atom. The van der Waals surface area contributed by atoms with Gasteiger partial charge in [0, 0.05) is 6.42 Å². The van der Waals surface area contributed by atoms with Crippen molar-refractivity contribution in [3.8, 4) is 0 Å². The van der Waals surface area contributed by atoms with Gasteiger partial charge in [-0.3, -0.25) is 10.1 Å². The van der Waals surface area contributed by atoms with Crippen LogP contribution in [0.25, 0.3) is 0 Å². The quantitative estimate of drug-likeness (QED) is 0.645. The molecule has 1 atom stereocenters. The van der Waals surface area contributed by atoms with Crippen LogP contribution in [0.5, 0.6) is 0 Å². The molecule has 1 heterocycles. The van der Waals surface area contributed by atoms with Crippen LogP contribution in [-0.4, -0.2) is 15.6 Å². The summed E-state index contributed by atoms with van der Waals surface area (Å²) in [5, 5.41) is 11.6. The molecular weight excluding hydrogens is 244 g/mol. The van der Waals surface area contributed by atoms with E-state index < -0.39 is 0 Å². The average molecular weight is 259 g/mol. The molecule has 0 saturated carbocycles. The highest BCUT2D eigenvalue weighted by Gasteiger charge is 2.14. The Labute approximate surface area is 92.1 Å². The van der Waals surface area contributed by atoms with Gasteiger partial charge in [0.2, 0.25) is 0 Å². The second-order valence-corrected chi connectivity index (χ2v) is 4.30. The molecule has 3 N–H and O–H groups in total. The fourth-order valence-corrected chi connectivity index (χ4v) is 1.74. The summed E-state index contributed by atoms with van der Waals surface area (Å²) in [5.74, 6) is 0.196. The molecule has 0 aliphatic rings. The molecular formula is C9H15BrN4. The number of halogens is 1. The van der Waals surface area contributed by atoms with Crippen LogP contribution in [0.1, 0.15) is 30.8 Å². The summed E-state index contributed by atoms with van der Waals surface area (Å²) in [7, 11) is 0. The van der Waals surface area contributed by atoms with Crippen molar-refractivity contribution in [2.24, 2.45) is 5.73 Å². The molecule has 1 rings (SSSR count). The summed E-state index contributed by atoms with van der Waals surface area (Å²) in [6, 6.07) is 0.137. The molecule has 1 aromatic heterocycles. The number of nitrogens with one attached hydrogen (secondary N) is 1. The molecule has 0 radical (unpaired) electrons. The summed E-state index contributed by atoms with van der Waals surface area (Å²) >= 11 is 3.47. The fourth-order valence-electron chi connectivity index (χ4n) is 1.48. The standard InChI is InChI=1S/C9H15BrN4/c1-5(4-8(11)12)14-7(3)9(10)6(2)13-14/h5H,4H2,1-3H3,(H3,11,12). The predicted octanol–water partition coefficient (Wildman–Crippen LogP) is 2.15. The van der Waals surface area contributed by atoms with Crippen LogP contribution in [0.3, 0.4) is 0 Å². The molecule has 0 bridgehead atoms. The molecule has 0 aliphatic carbocycles. The van der Waals surface area contributed by atoms with Gasteiger partial charge in [-0.1, -0.05) is 0 Å². The smallest absolute Gasteiger partial charge is 0.0926 e. The predicted molar refractivity (Wildman–Crippen MR) is 60.6 cm³/mol. The number of aryl methyl sites for hydroxylation is 1. The molecule has 1 aromatic rings. The lowest BCUT2D eigenvalue weighted by molar-refractivity contribution is 0.490. The normalized spacial score (nSPS) is 12.9. The van der Waals surface area contributed by atoms with Gasteiger partial charge in [0.15, 0.2) is 0 Å². The molecule has 78 valence electrons. The first kappa shape index (κ1) is 11.2. The van der Waals surface area contributed by atoms with Gasteiger partial charge in [-0.2, -0.15) is 5.10 Å². The van der Waals surface area contributed by atoms with Gasteiger partial charge < -0.3 is 5.73 Å². The number of hydrogen-bond acceptors (Lipinski definition) is 2. The van der Waals surface area contributed by atoms with Crippen molar-refractivity contribution in [1.82, 2.24) is 9.78 Å². The van der Waals surface area contributed by atoms with E-state index in [0.29, 0.717) is 6.42 Å². The van der Waals surface area contributed by atoms with E-state index in [-0.39, 0.29) is 11.9 Å². The Kier molecular flexibility index (Phi) is 3.31. The summed E-state index contributed by atoms with van der Waals surface area (Å²) in [4.78, 5) is 0. The third kappa shape index (κ3) is 2.15. The van der Waals surface area contributed by atoms with Gasteiger partial charge in [-0.05, 0) is 36.7 Å². The lowest BCUT2D eigenvalue weighted by Crippen LogP contribution is -2.18. The van der Waals surface area contributed by atoms with Crippen molar-refractivity contribution in [2.45, 2.75) is 33.2 Å². The van der Waals surface area contributed by atoms with E-state index >= 15 is 0 Å². The van der Waals surface area contributed by atoms with Crippen LogP contribution in [0.4, 0.5) is 0 Å². The van der Waals surface area contributed by atoms with Gasteiger partial charge in [0.25, 0.3) is 0 Å². The van der Waals surface area contributed by atoms with E-state index in [1.165, 1.54) is 0 Å². The Bertz CT molecular complexity index is 356. The number of nitrogens with zero attached hydrogens (tertiary/aromatic N) is 2. The third-order valence-corrected chi connectivity index (χ3v) is 3.32. The van der Waals surface area contributed by atoms with Crippen LogP contribution in [0.2, 0.25) is 0 Å². The van der Waals surface area contributed by atoms with Crippen molar-refractivity contribution in [3.63, 3.8) is 0 Å². The maximum atomic E-state index is 7.23. The zero-order valence-corrected chi connectivity index (χ0v) is 10.2. The lowest BCUT2D eigenvalue weighted by Gasteiger charge is -2.13. The fraction of sp³-hybridized carbons (Fsp3) is 0.556. The van der Waals surface area contributed by atoms with Crippen molar-refractivity contribution in [1.29, 1.82) is 5.41 Å². The van der Waals surface area contributed by atoms with Crippen molar-refractivity contribution in [2.75, 3.05) is 0 Å². The number of amidine groups is 1. The van der Waals surface area contributed by atoms with Crippen LogP contribution in [0.15, 0.2) is 4.47 Å². The second kappa shape index (κ2) is 4.13. The Hall–Kier alpha value is -0.840. The Balaban J connectivity index is 2.95. The van der Waals surface area contributed by atoms with E-state index in [1.807, 2.05) is 25.5 Å². The zero-order chi connectivity index (χ0) is 10.9. The van der Waals surface area contributed by atoms with Crippen LogP contribution in [0, 0.1) is 19.3 Å². The van der Waals surface area contributed by atoms with E-state index in [1.54, 1.807) is 0 Å². The van der Waals surface area contributed by atoms with Crippen LogP contribution >= 0.6 is 15.9 Å². The number of nitrogens with two attached hydrogens (primary N) is 1. The van der Waals surface area contributed by atoms with Crippen molar-refractivity contribution < 1.29 is 0 Å². The van der Waals surface area contributed by atoms with Gasteiger partial charge in [0.05, 0.1) is 27.7 Å². The minimum absolute atomic E-state index is 0.137. The number of rotatable bonds is 3. The lowest BCUT2D eigenvalue weighted by atomic mass is 10.2.